The first-order valence-electron chi connectivity index (χ1n) is 13.8. The lowest BCUT2D eigenvalue weighted by Crippen LogP contribution is -2.31. The fourth-order valence-electron chi connectivity index (χ4n) is 5.55. The molecule has 0 heterocycles. The van der Waals surface area contributed by atoms with Crippen LogP contribution in [0.5, 0.6) is 0 Å². The van der Waals surface area contributed by atoms with Gasteiger partial charge in [0.25, 0.3) is 0 Å². The van der Waals surface area contributed by atoms with E-state index in [2.05, 4.69) is 10.6 Å². The van der Waals surface area contributed by atoms with Crippen molar-refractivity contribution < 1.29 is 33.6 Å². The summed E-state index contributed by atoms with van der Waals surface area (Å²) >= 11 is 0. The predicted octanol–water partition coefficient (Wildman–Crippen LogP) is 4.80. The van der Waals surface area contributed by atoms with Crippen LogP contribution in [0.1, 0.15) is 68.5 Å². The highest BCUT2D eigenvalue weighted by molar-refractivity contribution is 6.38. The van der Waals surface area contributed by atoms with Gasteiger partial charge in [0.2, 0.25) is 11.8 Å². The van der Waals surface area contributed by atoms with Gasteiger partial charge in [-0.05, 0) is 61.4 Å². The maximum Gasteiger partial charge on any atom is 0.243 e. The average Bonchev–Trinajstić information content (AvgIpc) is 3.42. The molecule has 0 saturated heterocycles. The van der Waals surface area contributed by atoms with Crippen molar-refractivity contribution in [2.45, 2.75) is 13.8 Å². The van der Waals surface area contributed by atoms with Crippen LogP contribution in [0.3, 0.4) is 0 Å². The van der Waals surface area contributed by atoms with Crippen molar-refractivity contribution in [3.8, 4) is 0 Å². The van der Waals surface area contributed by atoms with Crippen LogP contribution in [0.2, 0.25) is 0 Å². The van der Waals surface area contributed by atoms with Crippen LogP contribution >= 0.6 is 0 Å². The standard InChI is InChI=1S/C35H24N2O7/c1-17-7-3-5-9-25(17)36-34(43)27-30(39)21-13-11-19(15-23(21)32(27)41)29(38)20-12-14-22-24(16-20)33(42)28(31(22)40)35(44)37-26-10-6-4-8-18(26)2/h3-16,27-28H,1-2H3,(H,36,43)(H,37,44). The molecule has 2 atom stereocenters. The van der Waals surface area contributed by atoms with Gasteiger partial charge >= 0.3 is 0 Å². The molecule has 0 aliphatic heterocycles. The van der Waals surface area contributed by atoms with Crippen molar-refractivity contribution in [3.05, 3.63) is 129 Å². The number of carbonyl (C=O) groups is 7. The zero-order valence-corrected chi connectivity index (χ0v) is 23.6. The quantitative estimate of drug-likeness (QED) is 0.245. The molecule has 4 aromatic rings. The van der Waals surface area contributed by atoms with E-state index in [9.17, 15) is 33.6 Å². The molecule has 9 nitrogen and oxygen atoms in total. The first-order valence-corrected chi connectivity index (χ1v) is 13.8. The highest BCUT2D eigenvalue weighted by atomic mass is 16.2. The van der Waals surface area contributed by atoms with Gasteiger partial charge in [-0.25, -0.2) is 0 Å². The summed E-state index contributed by atoms with van der Waals surface area (Å²) in [6, 6.07) is 21.8. The third-order valence-corrected chi connectivity index (χ3v) is 8.00. The number of hydrogen-bond donors (Lipinski definition) is 2. The Balaban J connectivity index is 1.23. The van der Waals surface area contributed by atoms with Gasteiger partial charge in [0.1, 0.15) is 0 Å². The molecule has 0 bridgehead atoms. The van der Waals surface area contributed by atoms with Crippen LogP contribution in [0.15, 0.2) is 84.9 Å². The second kappa shape index (κ2) is 10.8. The molecule has 216 valence electrons. The van der Waals surface area contributed by atoms with E-state index in [0.717, 1.165) is 11.1 Å². The number of nitrogens with one attached hydrogen (secondary N) is 2. The van der Waals surface area contributed by atoms with Gasteiger partial charge in [-0.3, -0.25) is 33.6 Å². The monoisotopic (exact) mass is 584 g/mol. The predicted molar refractivity (Wildman–Crippen MR) is 160 cm³/mol. The Kier molecular flexibility index (Phi) is 6.93. The normalized spacial score (nSPS) is 16.9. The van der Waals surface area contributed by atoms with E-state index in [1.165, 1.54) is 36.4 Å². The van der Waals surface area contributed by atoms with E-state index in [1.54, 1.807) is 62.4 Å². The van der Waals surface area contributed by atoms with E-state index in [1.807, 2.05) is 0 Å². The lowest BCUT2D eigenvalue weighted by atomic mass is 9.96. The number of fused-ring (bicyclic) bond motifs is 2. The van der Waals surface area contributed by atoms with E-state index < -0.39 is 52.6 Å². The van der Waals surface area contributed by atoms with Gasteiger partial charge in [-0.2, -0.15) is 0 Å². The van der Waals surface area contributed by atoms with Crippen LogP contribution in [-0.2, 0) is 9.59 Å². The van der Waals surface area contributed by atoms with Gasteiger partial charge in [0, 0.05) is 44.8 Å². The minimum atomic E-state index is -1.58. The topological polar surface area (TPSA) is 144 Å². The Morgan fingerprint density at radius 3 is 1.25 bits per heavy atom. The van der Waals surface area contributed by atoms with E-state index in [0.29, 0.717) is 11.4 Å². The number of Topliss-reactive ketones (excluding diaryl/α,β-unsaturated/α-hetero) is 4. The molecule has 0 spiro atoms. The van der Waals surface area contributed by atoms with Crippen LogP contribution < -0.4 is 10.6 Å². The van der Waals surface area contributed by atoms with Gasteiger partial charge in [-0.15, -0.1) is 0 Å². The largest absolute Gasteiger partial charge is 0.325 e. The first-order chi connectivity index (χ1) is 21.1. The minimum absolute atomic E-state index is 0.0359. The zero-order chi connectivity index (χ0) is 31.3. The van der Waals surface area contributed by atoms with E-state index in [4.69, 9.17) is 0 Å². The molecule has 0 fully saturated rings. The minimum Gasteiger partial charge on any atom is -0.325 e. The van der Waals surface area contributed by atoms with Crippen LogP contribution in [-0.4, -0.2) is 40.7 Å². The number of benzene rings is 4. The fraction of sp³-hybridized carbons (Fsp3) is 0.114. The maximum absolute atomic E-state index is 13.5. The van der Waals surface area contributed by atoms with Gasteiger partial charge in [-0.1, -0.05) is 48.5 Å². The SMILES string of the molecule is Cc1ccccc1NC(=O)C1C(=O)c2ccc(C(=O)c3ccc4c(c3)C(=O)C(C(=O)Nc3ccccc3C)C4=O)cc2C1=O. The van der Waals surface area contributed by atoms with Crippen LogP contribution in [0, 0.1) is 25.7 Å². The Labute approximate surface area is 251 Å². The number of anilines is 2. The molecule has 0 aromatic heterocycles. The molecule has 2 aliphatic rings. The molecule has 0 saturated carbocycles. The number of amides is 2. The lowest BCUT2D eigenvalue weighted by molar-refractivity contribution is -0.118. The molecule has 2 amide bonds. The Morgan fingerprint density at radius 2 is 0.864 bits per heavy atom. The Morgan fingerprint density at radius 1 is 0.500 bits per heavy atom. The van der Waals surface area contributed by atoms with E-state index in [-0.39, 0.29) is 33.4 Å². The maximum atomic E-state index is 13.5. The molecule has 0 radical (unpaired) electrons. The van der Waals surface area contributed by atoms with Crippen LogP contribution in [0.4, 0.5) is 11.4 Å². The summed E-state index contributed by atoms with van der Waals surface area (Å²) in [5, 5.41) is 5.27. The molecule has 4 aromatic carbocycles. The molecule has 2 N–H and O–H groups in total. The summed E-state index contributed by atoms with van der Waals surface area (Å²) in [6.07, 6.45) is 0. The van der Waals surface area contributed by atoms with Crippen LogP contribution in [0.25, 0.3) is 0 Å². The highest BCUT2D eigenvalue weighted by Gasteiger charge is 2.45. The summed E-state index contributed by atoms with van der Waals surface area (Å²) < 4.78 is 0. The molecule has 2 aliphatic carbocycles. The smallest absolute Gasteiger partial charge is 0.243 e. The van der Waals surface area contributed by atoms with Crippen molar-refractivity contribution in [1.82, 2.24) is 0 Å². The van der Waals surface area contributed by atoms with Crippen molar-refractivity contribution in [2.24, 2.45) is 11.8 Å². The first kappa shape index (κ1) is 28.3. The molecular formula is C35H24N2O7. The number of ketones is 5. The van der Waals surface area contributed by atoms with Crippen molar-refractivity contribution in [1.29, 1.82) is 0 Å². The second-order valence-corrected chi connectivity index (χ2v) is 10.8. The summed E-state index contributed by atoms with van der Waals surface area (Å²) in [5.74, 6) is -8.02. The van der Waals surface area contributed by atoms with Gasteiger partial charge < -0.3 is 10.6 Å². The number of rotatable bonds is 6. The summed E-state index contributed by atoms with van der Waals surface area (Å²) in [4.78, 5) is 91.8. The molecular weight excluding hydrogens is 560 g/mol. The molecule has 9 heteroatoms. The Bertz CT molecular complexity index is 1850. The highest BCUT2D eigenvalue weighted by Crippen LogP contribution is 2.32. The number of carbonyl (C=O) groups excluding carboxylic acids is 7. The third kappa shape index (κ3) is 4.64. The number of hydrogen-bond acceptors (Lipinski definition) is 7. The summed E-state index contributed by atoms with van der Waals surface area (Å²) in [5.41, 5.74) is 2.55. The number of para-hydroxylation sites is 2. The molecule has 2 unspecified atom stereocenters. The molecule has 6 rings (SSSR count). The van der Waals surface area contributed by atoms with Gasteiger partial charge in [0.15, 0.2) is 40.8 Å². The average molecular weight is 585 g/mol. The summed E-state index contributed by atoms with van der Waals surface area (Å²) in [6.45, 7) is 3.56. The van der Waals surface area contributed by atoms with Crippen molar-refractivity contribution in [3.63, 3.8) is 0 Å². The second-order valence-electron chi connectivity index (χ2n) is 10.8. The molecule has 44 heavy (non-hydrogen) atoms. The zero-order valence-electron chi connectivity index (χ0n) is 23.6. The third-order valence-electron chi connectivity index (χ3n) is 8.00. The van der Waals surface area contributed by atoms with Crippen molar-refractivity contribution in [2.75, 3.05) is 10.6 Å². The van der Waals surface area contributed by atoms with Gasteiger partial charge in [0.05, 0.1) is 0 Å². The number of aryl methyl sites for hydroxylation is 2. The van der Waals surface area contributed by atoms with Crippen molar-refractivity contribution >= 4 is 52.1 Å². The summed E-state index contributed by atoms with van der Waals surface area (Å²) in [7, 11) is 0. The Hall–Kier alpha value is -5.83. The fourth-order valence-corrected chi connectivity index (χ4v) is 5.55. The lowest BCUT2D eigenvalue weighted by Gasteiger charge is -2.10. The van der Waals surface area contributed by atoms with E-state index >= 15 is 0 Å².